The van der Waals surface area contributed by atoms with Crippen LogP contribution in [0, 0.1) is 6.92 Å². The van der Waals surface area contributed by atoms with Crippen LogP contribution < -0.4 is 14.8 Å². The van der Waals surface area contributed by atoms with Gasteiger partial charge in [0.25, 0.3) is 10.0 Å². The zero-order chi connectivity index (χ0) is 15.3. The second-order valence-electron chi connectivity index (χ2n) is 4.26. The number of hydrogen-bond donors (Lipinski definition) is 2. The van der Waals surface area contributed by atoms with Crippen molar-refractivity contribution in [3.8, 4) is 5.88 Å². The number of nitrogens with zero attached hydrogens (tertiary/aromatic N) is 2. The minimum Gasteiger partial charge on any atom is -0.480 e. The van der Waals surface area contributed by atoms with Gasteiger partial charge in [-0.1, -0.05) is 13.3 Å². The number of aryl methyl sites for hydroxylation is 2. The molecular formula is C11H20N4O4S. The van der Waals surface area contributed by atoms with Crippen LogP contribution in [0.15, 0.2) is 4.90 Å². The number of hydrogen-bond acceptors (Lipinski definition) is 5. The Morgan fingerprint density at radius 2 is 2.10 bits per heavy atom. The van der Waals surface area contributed by atoms with Crippen molar-refractivity contribution < 1.29 is 17.9 Å². The fourth-order valence-corrected chi connectivity index (χ4v) is 3.03. The van der Waals surface area contributed by atoms with Gasteiger partial charge in [0.15, 0.2) is 4.90 Å². The summed E-state index contributed by atoms with van der Waals surface area (Å²) in [4.78, 5) is 11.4. The molecule has 0 saturated heterocycles. The van der Waals surface area contributed by atoms with E-state index in [9.17, 15) is 13.2 Å². The van der Waals surface area contributed by atoms with E-state index in [-0.39, 0.29) is 16.5 Å². The van der Waals surface area contributed by atoms with Crippen molar-refractivity contribution in [2.45, 2.75) is 31.6 Å². The van der Waals surface area contributed by atoms with Crippen molar-refractivity contribution in [2.24, 2.45) is 7.05 Å². The maximum Gasteiger partial charge on any atom is 0.328 e. The molecule has 0 spiro atoms. The van der Waals surface area contributed by atoms with Crippen molar-refractivity contribution >= 4 is 16.1 Å². The smallest absolute Gasteiger partial charge is 0.328 e. The second kappa shape index (κ2) is 6.60. The van der Waals surface area contributed by atoms with Gasteiger partial charge in [0.1, 0.15) is 0 Å². The molecule has 0 fully saturated rings. The molecule has 0 radical (unpaired) electrons. The maximum absolute atomic E-state index is 12.2. The van der Waals surface area contributed by atoms with E-state index in [4.69, 9.17) is 4.74 Å². The molecule has 0 unspecified atom stereocenters. The number of unbranched alkanes of at least 4 members (excludes halogenated alkanes) is 1. The van der Waals surface area contributed by atoms with Crippen LogP contribution in [0.5, 0.6) is 5.88 Å². The number of carbonyl (C=O) groups is 1. The average molecular weight is 304 g/mol. The van der Waals surface area contributed by atoms with E-state index in [1.807, 2.05) is 11.6 Å². The molecule has 0 aliphatic carbocycles. The van der Waals surface area contributed by atoms with E-state index in [1.54, 1.807) is 7.05 Å². The number of ether oxygens (including phenoxy) is 1. The Hall–Kier alpha value is -1.77. The number of urea groups is 1. The highest BCUT2D eigenvalue weighted by Crippen LogP contribution is 2.25. The summed E-state index contributed by atoms with van der Waals surface area (Å²) < 4.78 is 32.6. The van der Waals surface area contributed by atoms with Crippen LogP contribution in [0.4, 0.5) is 4.79 Å². The monoisotopic (exact) mass is 304 g/mol. The molecule has 0 aliphatic rings. The largest absolute Gasteiger partial charge is 0.480 e. The molecule has 8 nitrogen and oxygen atoms in total. The second-order valence-corrected chi connectivity index (χ2v) is 5.88. The molecule has 0 bridgehead atoms. The maximum atomic E-state index is 12.2. The highest BCUT2D eigenvalue weighted by molar-refractivity contribution is 7.90. The third-order valence-corrected chi connectivity index (χ3v) is 4.08. The number of nitrogens with one attached hydrogen (secondary N) is 2. The van der Waals surface area contributed by atoms with E-state index in [2.05, 4.69) is 10.4 Å². The zero-order valence-electron chi connectivity index (χ0n) is 12.1. The third-order valence-electron chi connectivity index (χ3n) is 2.62. The minimum atomic E-state index is -4.02. The SMILES string of the molecule is CCCCNC(=O)NS(=O)(=O)c1c(C)nn(C)c1OC. The zero-order valence-corrected chi connectivity index (χ0v) is 12.9. The number of methoxy groups -OCH3 is 1. The molecule has 2 amide bonds. The van der Waals surface area contributed by atoms with Crippen LogP contribution >= 0.6 is 0 Å². The van der Waals surface area contributed by atoms with Gasteiger partial charge in [-0.2, -0.15) is 5.10 Å². The van der Waals surface area contributed by atoms with Crippen molar-refractivity contribution in [3.05, 3.63) is 5.69 Å². The molecule has 0 aromatic carbocycles. The Morgan fingerprint density at radius 1 is 1.45 bits per heavy atom. The molecule has 114 valence electrons. The fraction of sp³-hybridized carbons (Fsp3) is 0.636. The number of carbonyl (C=O) groups excluding carboxylic acids is 1. The highest BCUT2D eigenvalue weighted by Gasteiger charge is 2.28. The number of aromatic nitrogens is 2. The van der Waals surface area contributed by atoms with Crippen molar-refractivity contribution in [3.63, 3.8) is 0 Å². The predicted octanol–water partition coefficient (Wildman–Crippen LogP) is 0.525. The molecule has 1 aromatic heterocycles. The van der Waals surface area contributed by atoms with Crippen LogP contribution in [0.1, 0.15) is 25.5 Å². The lowest BCUT2D eigenvalue weighted by Gasteiger charge is -2.09. The Balaban J connectivity index is 2.92. The van der Waals surface area contributed by atoms with Crippen molar-refractivity contribution in [2.75, 3.05) is 13.7 Å². The molecule has 0 aliphatic heterocycles. The number of amides is 2. The summed E-state index contributed by atoms with van der Waals surface area (Å²) in [7, 11) is -1.11. The van der Waals surface area contributed by atoms with Crippen LogP contribution in [-0.4, -0.2) is 37.9 Å². The molecule has 9 heteroatoms. The van der Waals surface area contributed by atoms with Crippen LogP contribution in [0.3, 0.4) is 0 Å². The van der Waals surface area contributed by atoms with Crippen molar-refractivity contribution in [1.82, 2.24) is 19.8 Å². The first-order valence-electron chi connectivity index (χ1n) is 6.21. The minimum absolute atomic E-state index is 0.0800. The lowest BCUT2D eigenvalue weighted by atomic mass is 10.3. The van der Waals surface area contributed by atoms with Gasteiger partial charge in [-0.25, -0.2) is 22.6 Å². The van der Waals surface area contributed by atoms with E-state index in [0.29, 0.717) is 6.54 Å². The van der Waals surface area contributed by atoms with E-state index >= 15 is 0 Å². The number of sulfonamides is 1. The van der Waals surface area contributed by atoms with Gasteiger partial charge in [-0.15, -0.1) is 0 Å². The van der Waals surface area contributed by atoms with Gasteiger partial charge in [0, 0.05) is 13.6 Å². The highest BCUT2D eigenvalue weighted by atomic mass is 32.2. The van der Waals surface area contributed by atoms with Gasteiger partial charge < -0.3 is 10.1 Å². The quantitative estimate of drug-likeness (QED) is 0.746. The summed E-state index contributed by atoms with van der Waals surface area (Å²) in [5.74, 6) is 0.0800. The Morgan fingerprint density at radius 3 is 2.65 bits per heavy atom. The Kier molecular flexibility index (Phi) is 5.37. The van der Waals surface area contributed by atoms with Crippen molar-refractivity contribution in [1.29, 1.82) is 0 Å². The topological polar surface area (TPSA) is 102 Å². The molecule has 2 N–H and O–H groups in total. The summed E-state index contributed by atoms with van der Waals surface area (Å²) in [5, 5.41) is 6.45. The molecule has 1 aromatic rings. The average Bonchev–Trinajstić information content (AvgIpc) is 2.63. The van der Waals surface area contributed by atoms with Gasteiger partial charge in [0.05, 0.1) is 12.8 Å². The van der Waals surface area contributed by atoms with Gasteiger partial charge >= 0.3 is 6.03 Å². The summed E-state index contributed by atoms with van der Waals surface area (Å²) >= 11 is 0. The fourth-order valence-electron chi connectivity index (χ4n) is 1.74. The first kappa shape index (κ1) is 16.3. The lowest BCUT2D eigenvalue weighted by Crippen LogP contribution is -2.40. The summed E-state index contributed by atoms with van der Waals surface area (Å²) in [6, 6.07) is -0.760. The molecule has 1 rings (SSSR count). The first-order chi connectivity index (χ1) is 9.33. The predicted molar refractivity (Wildman–Crippen MR) is 73.1 cm³/mol. The molecule has 0 atom stereocenters. The molecule has 1 heterocycles. The summed E-state index contributed by atoms with van der Waals surface area (Å²) in [5.41, 5.74) is 0.262. The molecular weight excluding hydrogens is 284 g/mol. The Labute approximate surface area is 118 Å². The first-order valence-corrected chi connectivity index (χ1v) is 7.70. The standard InChI is InChI=1S/C11H20N4O4S/c1-5-6-7-12-11(16)14-20(17,18)9-8(2)13-15(3)10(9)19-4/h5-7H2,1-4H3,(H2,12,14,16). The van der Waals surface area contributed by atoms with Gasteiger partial charge in [-0.3, -0.25) is 0 Å². The molecule has 0 saturated carbocycles. The lowest BCUT2D eigenvalue weighted by molar-refractivity contribution is 0.245. The van der Waals surface area contributed by atoms with E-state index < -0.39 is 16.1 Å². The van der Waals surface area contributed by atoms with E-state index in [1.165, 1.54) is 18.7 Å². The summed E-state index contributed by atoms with van der Waals surface area (Å²) in [6.45, 7) is 3.92. The van der Waals surface area contributed by atoms with Crippen LogP contribution in [-0.2, 0) is 17.1 Å². The van der Waals surface area contributed by atoms with E-state index in [0.717, 1.165) is 12.8 Å². The number of rotatable bonds is 6. The van der Waals surface area contributed by atoms with Gasteiger partial charge in [-0.05, 0) is 13.3 Å². The third kappa shape index (κ3) is 3.62. The van der Waals surface area contributed by atoms with Crippen LogP contribution in [0.25, 0.3) is 0 Å². The summed E-state index contributed by atoms with van der Waals surface area (Å²) in [6.07, 6.45) is 1.69. The van der Waals surface area contributed by atoms with Crippen LogP contribution in [0.2, 0.25) is 0 Å². The van der Waals surface area contributed by atoms with Gasteiger partial charge in [0.2, 0.25) is 5.88 Å². The molecule has 20 heavy (non-hydrogen) atoms. The normalized spacial score (nSPS) is 11.2. The Bertz CT molecular complexity index is 579.